The summed E-state index contributed by atoms with van der Waals surface area (Å²) in [7, 11) is 3.45. The van der Waals surface area contributed by atoms with Crippen LogP contribution in [0.15, 0.2) is 47.5 Å². The molecule has 29 heavy (non-hydrogen) atoms. The summed E-state index contributed by atoms with van der Waals surface area (Å²) in [6.45, 7) is 5.42. The first kappa shape index (κ1) is 22.3. The Balaban J connectivity index is 1.82. The van der Waals surface area contributed by atoms with Gasteiger partial charge in [0.15, 0.2) is 5.96 Å². The molecule has 6 nitrogen and oxygen atoms in total. The zero-order chi connectivity index (χ0) is 21.1. The van der Waals surface area contributed by atoms with Crippen LogP contribution in [0.25, 0.3) is 0 Å². The Labute approximate surface area is 173 Å². The smallest absolute Gasteiger partial charge is 0.224 e. The fourth-order valence-electron chi connectivity index (χ4n) is 2.96. The topological polar surface area (TPSA) is 74.8 Å². The van der Waals surface area contributed by atoms with Gasteiger partial charge in [0, 0.05) is 32.2 Å². The molecule has 3 N–H and O–H groups in total. The Morgan fingerprint density at radius 3 is 2.66 bits per heavy atom. The molecule has 2 aromatic carbocycles. The van der Waals surface area contributed by atoms with Crippen LogP contribution in [-0.4, -0.2) is 32.6 Å². The van der Waals surface area contributed by atoms with E-state index in [1.165, 1.54) is 5.56 Å². The second-order valence-corrected chi connectivity index (χ2v) is 6.91. The van der Waals surface area contributed by atoms with Crippen molar-refractivity contribution in [3.05, 3.63) is 59.2 Å². The predicted octanol–water partition coefficient (Wildman–Crippen LogP) is 3.65. The van der Waals surface area contributed by atoms with Crippen molar-refractivity contribution in [1.82, 2.24) is 10.6 Å². The highest BCUT2D eigenvalue weighted by Crippen LogP contribution is 2.19. The van der Waals surface area contributed by atoms with Crippen LogP contribution in [0.2, 0.25) is 0 Å². The van der Waals surface area contributed by atoms with Gasteiger partial charge in [-0.3, -0.25) is 9.79 Å². The van der Waals surface area contributed by atoms with Gasteiger partial charge in [-0.1, -0.05) is 31.2 Å². The van der Waals surface area contributed by atoms with Crippen LogP contribution in [-0.2, 0) is 17.8 Å². The van der Waals surface area contributed by atoms with Gasteiger partial charge in [0.2, 0.25) is 5.91 Å². The number of rotatable bonds is 9. The monoisotopic (exact) mass is 396 g/mol. The number of methoxy groups -OCH3 is 1. The first-order chi connectivity index (χ1) is 14.0. The summed E-state index contributed by atoms with van der Waals surface area (Å²) in [5, 5.41) is 9.57. The van der Waals surface area contributed by atoms with E-state index >= 15 is 0 Å². The van der Waals surface area contributed by atoms with Crippen molar-refractivity contribution < 1.29 is 9.53 Å². The van der Waals surface area contributed by atoms with E-state index in [9.17, 15) is 4.79 Å². The molecule has 0 aromatic heterocycles. The maximum absolute atomic E-state index is 11.8. The Kier molecular flexibility index (Phi) is 9.02. The van der Waals surface area contributed by atoms with Crippen molar-refractivity contribution in [3.8, 4) is 5.75 Å². The normalized spacial score (nSPS) is 11.1. The van der Waals surface area contributed by atoms with E-state index < -0.39 is 0 Å². The van der Waals surface area contributed by atoms with Gasteiger partial charge in [-0.25, -0.2) is 0 Å². The summed E-state index contributed by atoms with van der Waals surface area (Å²) in [5.74, 6) is 1.70. The number of nitrogens with zero attached hydrogens (tertiary/aromatic N) is 1. The van der Waals surface area contributed by atoms with Crippen molar-refractivity contribution in [2.45, 2.75) is 39.7 Å². The molecule has 0 heterocycles. The molecule has 0 saturated carbocycles. The molecule has 0 saturated heterocycles. The Morgan fingerprint density at radius 2 is 1.93 bits per heavy atom. The average Bonchev–Trinajstić information content (AvgIpc) is 2.72. The molecule has 0 bridgehead atoms. The van der Waals surface area contributed by atoms with Crippen molar-refractivity contribution in [3.63, 3.8) is 0 Å². The molecule has 0 aliphatic carbocycles. The number of benzene rings is 2. The molecule has 2 aromatic rings. The molecule has 2 rings (SSSR count). The highest BCUT2D eigenvalue weighted by atomic mass is 16.5. The molecular formula is C23H32N4O2. The number of anilines is 1. The Bertz CT molecular complexity index is 833. The Hall–Kier alpha value is -3.02. The van der Waals surface area contributed by atoms with Gasteiger partial charge in [0.05, 0.1) is 7.11 Å². The van der Waals surface area contributed by atoms with Crippen LogP contribution < -0.4 is 20.7 Å². The molecule has 0 aliphatic rings. The maximum atomic E-state index is 11.8. The minimum Gasteiger partial charge on any atom is -0.496 e. The molecule has 0 spiro atoms. The third kappa shape index (κ3) is 7.49. The lowest BCUT2D eigenvalue weighted by molar-refractivity contribution is -0.116. The predicted molar refractivity (Wildman–Crippen MR) is 120 cm³/mol. The van der Waals surface area contributed by atoms with E-state index in [1.807, 2.05) is 38.1 Å². The van der Waals surface area contributed by atoms with Crippen molar-refractivity contribution in [1.29, 1.82) is 0 Å². The fraction of sp³-hybridized carbons (Fsp3) is 0.391. The van der Waals surface area contributed by atoms with E-state index in [0.717, 1.165) is 47.9 Å². The van der Waals surface area contributed by atoms with Crippen LogP contribution in [0, 0.1) is 6.92 Å². The third-order valence-electron chi connectivity index (χ3n) is 4.55. The van der Waals surface area contributed by atoms with Crippen LogP contribution >= 0.6 is 0 Å². The molecule has 0 unspecified atom stereocenters. The summed E-state index contributed by atoms with van der Waals surface area (Å²) in [4.78, 5) is 16.0. The SMILES string of the molecule is CCCC(=O)Nc1cccc(CNC(=NC)NCCc2ccc(C)c(OC)c2)c1. The first-order valence-electron chi connectivity index (χ1n) is 10.0. The number of carbonyl (C=O) groups excluding carboxylic acids is 1. The van der Waals surface area contributed by atoms with Crippen molar-refractivity contribution in [2.24, 2.45) is 4.99 Å². The van der Waals surface area contributed by atoms with E-state index in [-0.39, 0.29) is 5.91 Å². The third-order valence-corrected chi connectivity index (χ3v) is 4.55. The van der Waals surface area contributed by atoms with E-state index in [1.54, 1.807) is 14.2 Å². The molecule has 0 atom stereocenters. The van der Waals surface area contributed by atoms with Crippen LogP contribution in [0.5, 0.6) is 5.75 Å². The molecule has 156 valence electrons. The highest BCUT2D eigenvalue weighted by molar-refractivity contribution is 5.90. The molecule has 6 heteroatoms. The zero-order valence-electron chi connectivity index (χ0n) is 17.8. The molecular weight excluding hydrogens is 364 g/mol. The Morgan fingerprint density at radius 1 is 1.10 bits per heavy atom. The number of aliphatic imine (C=N–C) groups is 1. The van der Waals surface area contributed by atoms with Crippen molar-refractivity contribution in [2.75, 3.05) is 26.0 Å². The fourth-order valence-corrected chi connectivity index (χ4v) is 2.96. The molecule has 0 radical (unpaired) electrons. The number of guanidine groups is 1. The largest absolute Gasteiger partial charge is 0.496 e. The standard InChI is InChI=1S/C23H32N4O2/c1-5-7-22(28)27-20-9-6-8-19(14-20)16-26-23(24-3)25-13-12-18-11-10-17(2)21(15-18)29-4/h6,8-11,14-15H,5,7,12-13,16H2,1-4H3,(H,27,28)(H2,24,25,26). The lowest BCUT2D eigenvalue weighted by atomic mass is 10.1. The number of hydrogen-bond acceptors (Lipinski definition) is 3. The van der Waals surface area contributed by atoms with Gasteiger partial charge in [-0.15, -0.1) is 0 Å². The van der Waals surface area contributed by atoms with E-state index in [4.69, 9.17) is 4.74 Å². The minimum atomic E-state index is 0.0443. The second-order valence-electron chi connectivity index (χ2n) is 6.91. The lowest BCUT2D eigenvalue weighted by Crippen LogP contribution is -2.37. The minimum absolute atomic E-state index is 0.0443. The summed E-state index contributed by atoms with van der Waals surface area (Å²) in [6, 6.07) is 14.1. The highest BCUT2D eigenvalue weighted by Gasteiger charge is 2.04. The summed E-state index contributed by atoms with van der Waals surface area (Å²) in [6.07, 6.45) is 2.24. The van der Waals surface area contributed by atoms with Gasteiger partial charge in [-0.05, 0) is 54.7 Å². The number of ether oxygens (including phenoxy) is 1. The number of aryl methyl sites for hydroxylation is 1. The summed E-state index contributed by atoms with van der Waals surface area (Å²) >= 11 is 0. The average molecular weight is 397 g/mol. The van der Waals surface area contributed by atoms with Gasteiger partial charge < -0.3 is 20.7 Å². The van der Waals surface area contributed by atoms with Crippen LogP contribution in [0.3, 0.4) is 0 Å². The van der Waals surface area contributed by atoms with Gasteiger partial charge in [-0.2, -0.15) is 0 Å². The summed E-state index contributed by atoms with van der Waals surface area (Å²) in [5.41, 5.74) is 4.24. The van der Waals surface area contributed by atoms with E-state index in [2.05, 4.69) is 39.1 Å². The van der Waals surface area contributed by atoms with Crippen LogP contribution in [0.4, 0.5) is 5.69 Å². The number of nitrogens with one attached hydrogen (secondary N) is 3. The number of carbonyl (C=O) groups is 1. The zero-order valence-corrected chi connectivity index (χ0v) is 17.8. The quantitative estimate of drug-likeness (QED) is 0.447. The molecule has 1 amide bonds. The number of hydrogen-bond donors (Lipinski definition) is 3. The van der Waals surface area contributed by atoms with Gasteiger partial charge >= 0.3 is 0 Å². The first-order valence-corrected chi connectivity index (χ1v) is 10.0. The van der Waals surface area contributed by atoms with Gasteiger partial charge in [0.25, 0.3) is 0 Å². The second kappa shape index (κ2) is 11.7. The van der Waals surface area contributed by atoms with Crippen LogP contribution in [0.1, 0.15) is 36.5 Å². The maximum Gasteiger partial charge on any atom is 0.224 e. The molecule has 0 aliphatic heterocycles. The van der Waals surface area contributed by atoms with Crippen molar-refractivity contribution >= 4 is 17.6 Å². The molecule has 0 fully saturated rings. The van der Waals surface area contributed by atoms with Gasteiger partial charge in [0.1, 0.15) is 5.75 Å². The van der Waals surface area contributed by atoms with E-state index in [0.29, 0.717) is 13.0 Å². The number of amides is 1. The lowest BCUT2D eigenvalue weighted by Gasteiger charge is -2.13. The summed E-state index contributed by atoms with van der Waals surface area (Å²) < 4.78 is 5.39.